The Morgan fingerprint density at radius 1 is 0.350 bits per heavy atom. The van der Waals surface area contributed by atoms with Gasteiger partial charge in [0.25, 0.3) is 0 Å². The van der Waals surface area contributed by atoms with Gasteiger partial charge >= 0.3 is 0 Å². The lowest BCUT2D eigenvalue weighted by Crippen LogP contribution is -1.98. The van der Waals surface area contributed by atoms with Gasteiger partial charge in [-0.25, -0.2) is 9.97 Å². The van der Waals surface area contributed by atoms with Gasteiger partial charge < -0.3 is 9.13 Å². The summed E-state index contributed by atoms with van der Waals surface area (Å²) in [6.07, 6.45) is 0. The van der Waals surface area contributed by atoms with Crippen LogP contribution in [0.25, 0.3) is 100 Å². The van der Waals surface area contributed by atoms with Crippen molar-refractivity contribution in [1.29, 1.82) is 10.5 Å². The Hall–Kier alpha value is -8.58. The minimum absolute atomic E-state index is 0.396. The molecular formula is C54H32N6. The minimum atomic E-state index is 0.396. The van der Waals surface area contributed by atoms with Gasteiger partial charge in [0.2, 0.25) is 0 Å². The van der Waals surface area contributed by atoms with Crippen LogP contribution in [0.1, 0.15) is 11.1 Å². The van der Waals surface area contributed by atoms with Crippen molar-refractivity contribution in [3.63, 3.8) is 0 Å². The Morgan fingerprint density at radius 2 is 0.800 bits per heavy atom. The minimum Gasteiger partial charge on any atom is -0.309 e. The summed E-state index contributed by atoms with van der Waals surface area (Å²) in [7, 11) is 0. The van der Waals surface area contributed by atoms with Crippen LogP contribution in [0, 0.1) is 22.7 Å². The van der Waals surface area contributed by atoms with Crippen molar-refractivity contribution in [3.05, 3.63) is 205 Å². The van der Waals surface area contributed by atoms with E-state index < -0.39 is 0 Å². The summed E-state index contributed by atoms with van der Waals surface area (Å²) in [5.41, 5.74) is 12.6. The van der Waals surface area contributed by atoms with Gasteiger partial charge in [0.15, 0.2) is 5.82 Å². The number of hydrogen-bond acceptors (Lipinski definition) is 4. The highest BCUT2D eigenvalue weighted by molar-refractivity contribution is 6.12. The second-order valence-electron chi connectivity index (χ2n) is 14.8. The fourth-order valence-corrected chi connectivity index (χ4v) is 8.70. The normalized spacial score (nSPS) is 11.3. The molecule has 0 spiro atoms. The van der Waals surface area contributed by atoms with Crippen molar-refractivity contribution < 1.29 is 0 Å². The monoisotopic (exact) mass is 764 g/mol. The summed E-state index contributed by atoms with van der Waals surface area (Å²) < 4.78 is 4.64. The fourth-order valence-electron chi connectivity index (χ4n) is 8.70. The number of fused-ring (bicyclic) bond motifs is 6. The molecule has 60 heavy (non-hydrogen) atoms. The zero-order valence-corrected chi connectivity index (χ0v) is 32.2. The van der Waals surface area contributed by atoms with E-state index in [-0.39, 0.29) is 0 Å². The number of nitrogens with zero attached hydrogens (tertiary/aromatic N) is 6. The van der Waals surface area contributed by atoms with E-state index in [1.54, 1.807) is 0 Å². The van der Waals surface area contributed by atoms with Crippen molar-refractivity contribution in [2.75, 3.05) is 0 Å². The van der Waals surface area contributed by atoms with Crippen molar-refractivity contribution in [1.82, 2.24) is 19.1 Å². The molecule has 0 saturated heterocycles. The quantitative estimate of drug-likeness (QED) is 0.169. The largest absolute Gasteiger partial charge is 0.309 e. The molecule has 0 N–H and O–H groups in total. The molecule has 6 heteroatoms. The molecule has 278 valence electrons. The Morgan fingerprint density at radius 3 is 1.37 bits per heavy atom. The molecule has 0 radical (unpaired) electrons. The average molecular weight is 765 g/mol. The van der Waals surface area contributed by atoms with E-state index in [1.807, 2.05) is 91.0 Å². The van der Waals surface area contributed by atoms with E-state index >= 15 is 0 Å². The van der Waals surface area contributed by atoms with Crippen LogP contribution in [0.5, 0.6) is 0 Å². The van der Waals surface area contributed by atoms with E-state index in [2.05, 4.69) is 124 Å². The second kappa shape index (κ2) is 14.1. The van der Waals surface area contributed by atoms with E-state index in [0.717, 1.165) is 55.6 Å². The molecule has 11 rings (SSSR count). The molecule has 0 aliphatic heterocycles. The maximum atomic E-state index is 10.6. The summed E-state index contributed by atoms with van der Waals surface area (Å²) >= 11 is 0. The zero-order valence-electron chi connectivity index (χ0n) is 32.2. The van der Waals surface area contributed by atoms with Crippen LogP contribution in [0.3, 0.4) is 0 Å². The molecule has 0 atom stereocenters. The fraction of sp³-hybridized carbons (Fsp3) is 0. The summed E-state index contributed by atoms with van der Waals surface area (Å²) in [6.45, 7) is 0. The highest BCUT2D eigenvalue weighted by Crippen LogP contribution is 2.39. The van der Waals surface area contributed by atoms with Crippen LogP contribution >= 0.6 is 0 Å². The molecule has 0 amide bonds. The van der Waals surface area contributed by atoms with Gasteiger partial charge in [-0.15, -0.1) is 0 Å². The first-order valence-corrected chi connectivity index (χ1v) is 19.8. The van der Waals surface area contributed by atoms with E-state index in [1.165, 1.54) is 21.8 Å². The lowest BCUT2D eigenvalue weighted by Gasteiger charge is -2.14. The molecule has 3 aromatic heterocycles. The third-order valence-corrected chi connectivity index (χ3v) is 11.4. The lowest BCUT2D eigenvalue weighted by molar-refractivity contribution is 1.16. The summed E-state index contributed by atoms with van der Waals surface area (Å²) in [4.78, 5) is 9.87. The average Bonchev–Trinajstić information content (AvgIpc) is 3.84. The number of para-hydroxylation sites is 3. The molecular weight excluding hydrogens is 733 g/mol. The van der Waals surface area contributed by atoms with Crippen molar-refractivity contribution in [2.24, 2.45) is 0 Å². The number of rotatable bonds is 6. The van der Waals surface area contributed by atoms with Gasteiger partial charge in [-0.3, -0.25) is 0 Å². The SMILES string of the molecule is N#Cc1cc(-c2cc(-c3ccccc3)nc(-c3ccccc3)n2)cc(C#N)c1-c1ccc(-n2c3ccccc3c3cc(-n4c5ccccc5c5ccccc54)ccc32)cc1. The standard InChI is InChI=1S/C54H32N6/c55-33-39-29-38(48-32-47(35-13-3-1-4-14-35)57-54(58-48)37-15-5-2-6-16-37)30-40(34-56)53(39)36-23-25-41(26-24-36)59-51-22-12-9-19-45(51)46-31-42(27-28-52(46)59)60-49-20-10-7-17-43(49)44-18-8-11-21-50(44)60/h1-32H. The molecule has 8 aromatic carbocycles. The smallest absolute Gasteiger partial charge is 0.160 e. The van der Waals surface area contributed by atoms with Gasteiger partial charge in [0, 0.05) is 55.2 Å². The third kappa shape index (κ3) is 5.63. The highest BCUT2D eigenvalue weighted by atomic mass is 15.0. The molecule has 0 aliphatic rings. The Kier molecular flexibility index (Phi) is 8.15. The van der Waals surface area contributed by atoms with Gasteiger partial charge in [0.1, 0.15) is 0 Å². The Bertz CT molecular complexity index is 3400. The van der Waals surface area contributed by atoms with Crippen molar-refractivity contribution >= 4 is 43.6 Å². The lowest BCUT2D eigenvalue weighted by atomic mass is 9.92. The highest BCUT2D eigenvalue weighted by Gasteiger charge is 2.19. The number of hydrogen-bond donors (Lipinski definition) is 0. The predicted octanol–water partition coefficient (Wildman–Crippen LogP) is 13.1. The van der Waals surface area contributed by atoms with E-state index in [9.17, 15) is 10.5 Å². The van der Waals surface area contributed by atoms with Crippen LogP contribution in [0.4, 0.5) is 0 Å². The maximum absolute atomic E-state index is 10.6. The summed E-state index contributed by atoms with van der Waals surface area (Å²) in [6, 6.07) is 70.7. The van der Waals surface area contributed by atoms with Crippen LogP contribution in [-0.4, -0.2) is 19.1 Å². The predicted molar refractivity (Wildman–Crippen MR) is 242 cm³/mol. The number of benzene rings is 8. The van der Waals surface area contributed by atoms with Crippen molar-refractivity contribution in [3.8, 4) is 68.5 Å². The maximum Gasteiger partial charge on any atom is 0.160 e. The molecule has 0 bridgehead atoms. The zero-order chi connectivity index (χ0) is 40.2. The second-order valence-corrected chi connectivity index (χ2v) is 14.8. The van der Waals surface area contributed by atoms with Crippen LogP contribution < -0.4 is 0 Å². The van der Waals surface area contributed by atoms with Crippen LogP contribution in [0.2, 0.25) is 0 Å². The third-order valence-electron chi connectivity index (χ3n) is 11.4. The van der Waals surface area contributed by atoms with E-state index in [0.29, 0.717) is 33.8 Å². The first-order chi connectivity index (χ1) is 29.7. The molecule has 0 aliphatic carbocycles. The van der Waals surface area contributed by atoms with Crippen LogP contribution in [0.15, 0.2) is 194 Å². The van der Waals surface area contributed by atoms with Crippen molar-refractivity contribution in [2.45, 2.75) is 0 Å². The first-order valence-electron chi connectivity index (χ1n) is 19.8. The van der Waals surface area contributed by atoms with Gasteiger partial charge in [0.05, 0.1) is 56.7 Å². The molecule has 0 fully saturated rings. The first kappa shape index (κ1) is 34.7. The number of aromatic nitrogens is 4. The van der Waals surface area contributed by atoms with Gasteiger partial charge in [-0.2, -0.15) is 10.5 Å². The molecule has 3 heterocycles. The molecule has 11 aromatic rings. The van der Waals surface area contributed by atoms with Gasteiger partial charge in [-0.05, 0) is 72.3 Å². The molecule has 6 nitrogen and oxygen atoms in total. The number of nitriles is 2. The van der Waals surface area contributed by atoms with Gasteiger partial charge in [-0.1, -0.05) is 127 Å². The summed E-state index contributed by atoms with van der Waals surface area (Å²) in [5.74, 6) is 0.566. The Balaban J connectivity index is 1.01. The molecule has 0 saturated carbocycles. The van der Waals surface area contributed by atoms with Crippen LogP contribution in [-0.2, 0) is 0 Å². The van der Waals surface area contributed by atoms with E-state index in [4.69, 9.17) is 9.97 Å². The topological polar surface area (TPSA) is 83.2 Å². The molecule has 0 unspecified atom stereocenters. The Labute approximate surface area is 345 Å². The summed E-state index contributed by atoms with van der Waals surface area (Å²) in [5, 5.41) is 25.9.